The van der Waals surface area contributed by atoms with Crippen LogP contribution in [-0.2, 0) is 5.54 Å². The summed E-state index contributed by atoms with van der Waals surface area (Å²) in [5.41, 5.74) is 9.16. The summed E-state index contributed by atoms with van der Waals surface area (Å²) in [6, 6.07) is 8.71. The molecule has 0 aromatic heterocycles. The summed E-state index contributed by atoms with van der Waals surface area (Å²) >= 11 is 0. The van der Waals surface area contributed by atoms with Crippen LogP contribution in [0, 0.1) is 12.8 Å². The number of nitrogens with two attached hydrogens (primary N) is 1. The third-order valence-electron chi connectivity index (χ3n) is 3.91. The van der Waals surface area contributed by atoms with Crippen molar-refractivity contribution in [3.05, 3.63) is 35.4 Å². The quantitative estimate of drug-likeness (QED) is 0.744. The second-order valence-electron chi connectivity index (χ2n) is 5.06. The summed E-state index contributed by atoms with van der Waals surface area (Å²) in [5.74, 6) is 0.605. The summed E-state index contributed by atoms with van der Waals surface area (Å²) in [6.45, 7) is 4.43. The number of aryl methyl sites for hydroxylation is 1. The first-order valence-electron chi connectivity index (χ1n) is 5.99. The lowest BCUT2D eigenvalue weighted by molar-refractivity contribution is 0.207. The molecule has 1 aromatic rings. The largest absolute Gasteiger partial charge is 0.321 e. The van der Waals surface area contributed by atoms with E-state index >= 15 is 0 Å². The first-order valence-corrected chi connectivity index (χ1v) is 5.99. The van der Waals surface area contributed by atoms with Crippen LogP contribution in [0.25, 0.3) is 0 Å². The zero-order valence-corrected chi connectivity index (χ0v) is 9.79. The van der Waals surface area contributed by atoms with Gasteiger partial charge in [-0.1, -0.05) is 49.6 Å². The second-order valence-corrected chi connectivity index (χ2v) is 5.06. The van der Waals surface area contributed by atoms with Gasteiger partial charge in [0.2, 0.25) is 0 Å². The van der Waals surface area contributed by atoms with Crippen molar-refractivity contribution < 1.29 is 0 Å². The molecule has 0 radical (unpaired) electrons. The highest BCUT2D eigenvalue weighted by molar-refractivity contribution is 5.29. The standard InChI is InChI=1S/C14H21N/c1-11-6-5-8-13(10-11)14(15)9-4-3-7-12(14)2/h5-6,8,10,12H,3-4,7,9,15H2,1-2H3. The van der Waals surface area contributed by atoms with E-state index in [1.165, 1.54) is 30.4 Å². The Morgan fingerprint density at radius 1 is 1.33 bits per heavy atom. The molecule has 0 bridgehead atoms. The van der Waals surface area contributed by atoms with Gasteiger partial charge in [0, 0.05) is 5.54 Å². The van der Waals surface area contributed by atoms with Gasteiger partial charge in [-0.3, -0.25) is 0 Å². The molecular weight excluding hydrogens is 182 g/mol. The van der Waals surface area contributed by atoms with Crippen molar-refractivity contribution in [2.75, 3.05) is 0 Å². The van der Waals surface area contributed by atoms with Crippen molar-refractivity contribution in [1.29, 1.82) is 0 Å². The van der Waals surface area contributed by atoms with Crippen LogP contribution in [0.15, 0.2) is 24.3 Å². The third kappa shape index (κ3) is 1.93. The highest BCUT2D eigenvalue weighted by Gasteiger charge is 2.35. The molecular formula is C14H21N. The van der Waals surface area contributed by atoms with Crippen molar-refractivity contribution >= 4 is 0 Å². The van der Waals surface area contributed by atoms with Gasteiger partial charge in [-0.25, -0.2) is 0 Å². The molecule has 0 aliphatic heterocycles. The molecule has 1 heteroatoms. The lowest BCUT2D eigenvalue weighted by Crippen LogP contribution is -2.45. The van der Waals surface area contributed by atoms with Crippen molar-refractivity contribution in [2.24, 2.45) is 11.7 Å². The van der Waals surface area contributed by atoms with Crippen molar-refractivity contribution in [2.45, 2.75) is 45.1 Å². The number of hydrogen-bond donors (Lipinski definition) is 1. The maximum atomic E-state index is 6.59. The molecule has 1 aliphatic carbocycles. The minimum atomic E-state index is -0.0791. The minimum Gasteiger partial charge on any atom is -0.321 e. The Kier molecular flexibility index (Phi) is 2.83. The monoisotopic (exact) mass is 203 g/mol. The second kappa shape index (κ2) is 3.97. The van der Waals surface area contributed by atoms with E-state index in [2.05, 4.69) is 38.1 Å². The van der Waals surface area contributed by atoms with Crippen LogP contribution in [0.1, 0.15) is 43.7 Å². The zero-order valence-electron chi connectivity index (χ0n) is 9.79. The third-order valence-corrected chi connectivity index (χ3v) is 3.91. The molecule has 0 heterocycles. The molecule has 2 N–H and O–H groups in total. The molecule has 1 nitrogen and oxygen atoms in total. The van der Waals surface area contributed by atoms with Crippen molar-refractivity contribution in [1.82, 2.24) is 0 Å². The summed E-state index contributed by atoms with van der Waals surface area (Å²) in [7, 11) is 0. The maximum Gasteiger partial charge on any atom is 0.0435 e. The molecule has 1 aromatic carbocycles. The van der Waals surface area contributed by atoms with E-state index < -0.39 is 0 Å². The van der Waals surface area contributed by atoms with Gasteiger partial charge in [0.25, 0.3) is 0 Å². The Bertz CT molecular complexity index is 345. The summed E-state index contributed by atoms with van der Waals surface area (Å²) in [6.07, 6.45) is 5.02. The van der Waals surface area contributed by atoms with Crippen molar-refractivity contribution in [3.63, 3.8) is 0 Å². The van der Waals surface area contributed by atoms with Gasteiger partial charge in [-0.15, -0.1) is 0 Å². The first-order chi connectivity index (χ1) is 7.13. The lowest BCUT2D eigenvalue weighted by atomic mass is 9.70. The van der Waals surface area contributed by atoms with E-state index in [1.54, 1.807) is 0 Å². The van der Waals surface area contributed by atoms with E-state index in [-0.39, 0.29) is 5.54 Å². The highest BCUT2D eigenvalue weighted by Crippen LogP contribution is 2.39. The van der Waals surface area contributed by atoms with E-state index in [0.29, 0.717) is 5.92 Å². The molecule has 82 valence electrons. The smallest absolute Gasteiger partial charge is 0.0435 e. The fourth-order valence-corrected chi connectivity index (χ4v) is 2.74. The maximum absolute atomic E-state index is 6.59. The van der Waals surface area contributed by atoms with Crippen LogP contribution in [-0.4, -0.2) is 0 Å². The molecule has 0 amide bonds. The number of rotatable bonds is 1. The SMILES string of the molecule is Cc1cccc(C2(N)CCCCC2C)c1. The molecule has 1 saturated carbocycles. The number of hydrogen-bond acceptors (Lipinski definition) is 1. The molecule has 1 fully saturated rings. The van der Waals surface area contributed by atoms with Crippen LogP contribution in [0.2, 0.25) is 0 Å². The molecule has 2 atom stereocenters. The molecule has 0 saturated heterocycles. The van der Waals surface area contributed by atoms with Gasteiger partial charge >= 0.3 is 0 Å². The predicted octanol–water partition coefficient (Wildman–Crippen LogP) is 3.36. The van der Waals surface area contributed by atoms with Gasteiger partial charge in [0.05, 0.1) is 0 Å². The van der Waals surface area contributed by atoms with Crippen LogP contribution < -0.4 is 5.73 Å². The Morgan fingerprint density at radius 3 is 2.80 bits per heavy atom. The van der Waals surface area contributed by atoms with E-state index in [0.717, 1.165) is 6.42 Å². The summed E-state index contributed by atoms with van der Waals surface area (Å²) in [4.78, 5) is 0. The minimum absolute atomic E-state index is 0.0791. The van der Waals surface area contributed by atoms with Gasteiger partial charge in [0.1, 0.15) is 0 Å². The van der Waals surface area contributed by atoms with Gasteiger partial charge < -0.3 is 5.73 Å². The molecule has 0 spiro atoms. The fourth-order valence-electron chi connectivity index (χ4n) is 2.74. The van der Waals surface area contributed by atoms with E-state index in [1.807, 2.05) is 0 Å². The Balaban J connectivity index is 2.34. The van der Waals surface area contributed by atoms with Gasteiger partial charge in [0.15, 0.2) is 0 Å². The topological polar surface area (TPSA) is 26.0 Å². The Labute approximate surface area is 92.7 Å². The van der Waals surface area contributed by atoms with Crippen LogP contribution in [0.5, 0.6) is 0 Å². The number of benzene rings is 1. The van der Waals surface area contributed by atoms with Crippen LogP contribution in [0.4, 0.5) is 0 Å². The molecule has 2 unspecified atom stereocenters. The molecule has 2 rings (SSSR count). The van der Waals surface area contributed by atoms with Crippen molar-refractivity contribution in [3.8, 4) is 0 Å². The molecule has 1 aliphatic rings. The lowest BCUT2D eigenvalue weighted by Gasteiger charge is -2.40. The fraction of sp³-hybridized carbons (Fsp3) is 0.571. The zero-order chi connectivity index (χ0) is 10.9. The van der Waals surface area contributed by atoms with Gasteiger partial charge in [-0.2, -0.15) is 0 Å². The van der Waals surface area contributed by atoms with E-state index in [9.17, 15) is 0 Å². The van der Waals surface area contributed by atoms with Crippen LogP contribution >= 0.6 is 0 Å². The predicted molar refractivity (Wildman–Crippen MR) is 64.7 cm³/mol. The average molecular weight is 203 g/mol. The average Bonchev–Trinajstić information content (AvgIpc) is 2.23. The van der Waals surface area contributed by atoms with Gasteiger partial charge in [-0.05, 0) is 31.2 Å². The summed E-state index contributed by atoms with van der Waals surface area (Å²) < 4.78 is 0. The van der Waals surface area contributed by atoms with Crippen LogP contribution in [0.3, 0.4) is 0 Å². The molecule has 15 heavy (non-hydrogen) atoms. The Morgan fingerprint density at radius 2 is 2.13 bits per heavy atom. The normalized spacial score (nSPS) is 31.5. The van der Waals surface area contributed by atoms with E-state index in [4.69, 9.17) is 5.73 Å². The first kappa shape index (κ1) is 10.7. The summed E-state index contributed by atoms with van der Waals surface area (Å²) in [5, 5.41) is 0. The Hall–Kier alpha value is -0.820. The highest BCUT2D eigenvalue weighted by atomic mass is 14.8.